The molecule has 1 aromatic rings. The molecular weight excluding hydrogens is 303 g/mol. The third-order valence-corrected chi connectivity index (χ3v) is 1.37. The van der Waals surface area contributed by atoms with Crippen molar-refractivity contribution in [2.75, 3.05) is 0 Å². The number of hydrogen-bond donors (Lipinski definition) is 0. The molecule has 56 valence electrons. The Labute approximate surface area is 76.2 Å². The van der Waals surface area contributed by atoms with Gasteiger partial charge in [-0.3, -0.25) is 6.58 Å². The Morgan fingerprint density at radius 1 is 1.30 bits per heavy atom. The first-order valence-electron chi connectivity index (χ1n) is 2.95. The predicted octanol–water partition coefficient (Wildman–Crippen LogP) is 2.44. The van der Waals surface area contributed by atoms with Gasteiger partial charge < -0.3 is 0 Å². The van der Waals surface area contributed by atoms with E-state index in [0.717, 1.165) is 5.56 Å². The van der Waals surface area contributed by atoms with E-state index in [1.165, 1.54) is 5.56 Å². The number of rotatable bonds is 1. The minimum atomic E-state index is 0. The molecule has 0 unspecified atom stereocenters. The maximum Gasteiger partial charge on any atom is 0 e. The van der Waals surface area contributed by atoms with E-state index in [2.05, 4.69) is 0 Å². The number of hydrogen-bond acceptors (Lipinski definition) is 0. The maximum atomic E-state index is 5.33. The zero-order valence-corrected chi connectivity index (χ0v) is 8.05. The van der Waals surface area contributed by atoms with E-state index in [-0.39, 0.29) is 21.1 Å². The molecule has 0 aliphatic rings. The summed E-state index contributed by atoms with van der Waals surface area (Å²) in [5.41, 5.74) is 2.33. The third-order valence-electron chi connectivity index (χ3n) is 1.37. The van der Waals surface area contributed by atoms with Crippen molar-refractivity contribution in [2.24, 2.45) is 0 Å². The fourth-order valence-electron chi connectivity index (χ4n) is 0.774. The summed E-state index contributed by atoms with van der Waals surface area (Å²) in [6, 6.07) is 8.02. The molecule has 0 saturated heterocycles. The minimum Gasteiger partial charge on any atom is -0.292 e. The normalized spacial score (nSPS) is 8.10. The summed E-state index contributed by atoms with van der Waals surface area (Å²) in [4.78, 5) is 0. The Morgan fingerprint density at radius 3 is 2.30 bits per heavy atom. The van der Waals surface area contributed by atoms with Crippen molar-refractivity contribution in [3.8, 4) is 0 Å². The monoisotopic (exact) mass is 312 g/mol. The van der Waals surface area contributed by atoms with Crippen LogP contribution in [0.15, 0.2) is 24.3 Å². The molecule has 10 heavy (non-hydrogen) atoms. The molecular formula is C9H9Pt-. The van der Waals surface area contributed by atoms with Gasteiger partial charge in [0.1, 0.15) is 0 Å². The summed E-state index contributed by atoms with van der Waals surface area (Å²) in [7, 11) is 0. The van der Waals surface area contributed by atoms with Gasteiger partial charge >= 0.3 is 0 Å². The van der Waals surface area contributed by atoms with Crippen molar-refractivity contribution in [2.45, 2.75) is 6.92 Å². The molecule has 1 aromatic carbocycles. The summed E-state index contributed by atoms with van der Waals surface area (Å²) in [6.45, 7) is 7.37. The quantitative estimate of drug-likeness (QED) is 0.699. The Bertz CT molecular complexity index is 216. The van der Waals surface area contributed by atoms with E-state index in [1.807, 2.05) is 31.2 Å². The van der Waals surface area contributed by atoms with Crippen LogP contribution in [0, 0.1) is 13.5 Å². The fourth-order valence-corrected chi connectivity index (χ4v) is 0.774. The van der Waals surface area contributed by atoms with Crippen LogP contribution in [-0.4, -0.2) is 0 Å². The van der Waals surface area contributed by atoms with E-state index in [9.17, 15) is 0 Å². The van der Waals surface area contributed by atoms with Crippen molar-refractivity contribution in [1.29, 1.82) is 0 Å². The van der Waals surface area contributed by atoms with Crippen LogP contribution in [0.25, 0.3) is 6.08 Å². The average Bonchev–Trinajstić information content (AvgIpc) is 1.89. The molecule has 0 aliphatic heterocycles. The standard InChI is InChI=1S/C9H9.Pt/c1-3-9-7-5-4-6-8(9)2;/h1,3-7H,2H3;/q-1;. The molecule has 0 fully saturated rings. The Morgan fingerprint density at radius 2 is 1.90 bits per heavy atom. The van der Waals surface area contributed by atoms with Crippen LogP contribution in [0.4, 0.5) is 0 Å². The molecule has 1 rings (SSSR count). The molecule has 0 aliphatic carbocycles. The van der Waals surface area contributed by atoms with Crippen molar-refractivity contribution >= 4 is 6.08 Å². The Balaban J connectivity index is 0.000000810. The van der Waals surface area contributed by atoms with Gasteiger partial charge in [0.05, 0.1) is 0 Å². The van der Waals surface area contributed by atoms with Crippen LogP contribution in [-0.2, 0) is 21.1 Å². The van der Waals surface area contributed by atoms with E-state index >= 15 is 0 Å². The van der Waals surface area contributed by atoms with Gasteiger partial charge in [-0.2, -0.15) is 5.56 Å². The Hall–Kier alpha value is -0.352. The number of aryl methyl sites for hydroxylation is 1. The summed E-state index contributed by atoms with van der Waals surface area (Å²) in [5, 5.41) is 0. The second-order valence-electron chi connectivity index (χ2n) is 2.02. The molecule has 0 aromatic heterocycles. The van der Waals surface area contributed by atoms with Gasteiger partial charge in [0.15, 0.2) is 0 Å². The summed E-state index contributed by atoms with van der Waals surface area (Å²) in [5.74, 6) is 0. The van der Waals surface area contributed by atoms with Gasteiger partial charge in [-0.25, -0.2) is 6.08 Å². The SMILES string of the molecule is [CH-]=Cc1ccccc1C.[Pt]. The zero-order valence-electron chi connectivity index (χ0n) is 5.78. The zero-order chi connectivity index (χ0) is 6.69. The average molecular weight is 312 g/mol. The molecule has 0 amide bonds. The van der Waals surface area contributed by atoms with Crippen molar-refractivity contribution in [3.63, 3.8) is 0 Å². The summed E-state index contributed by atoms with van der Waals surface area (Å²) >= 11 is 0. The first-order chi connectivity index (χ1) is 4.34. The van der Waals surface area contributed by atoms with Crippen molar-refractivity contribution < 1.29 is 21.1 Å². The van der Waals surface area contributed by atoms with E-state index in [1.54, 1.807) is 6.08 Å². The minimum absolute atomic E-state index is 0. The van der Waals surface area contributed by atoms with Crippen molar-refractivity contribution in [1.82, 2.24) is 0 Å². The molecule has 0 radical (unpaired) electrons. The van der Waals surface area contributed by atoms with Crippen molar-refractivity contribution in [3.05, 3.63) is 42.0 Å². The van der Waals surface area contributed by atoms with Crippen LogP contribution in [0.1, 0.15) is 11.1 Å². The molecule has 0 N–H and O–H groups in total. The third kappa shape index (κ3) is 2.11. The predicted molar refractivity (Wildman–Crippen MR) is 39.9 cm³/mol. The van der Waals surface area contributed by atoms with Gasteiger partial charge in [-0.1, -0.05) is 25.1 Å². The van der Waals surface area contributed by atoms with Gasteiger partial charge in [0.25, 0.3) is 0 Å². The molecule has 0 nitrogen and oxygen atoms in total. The van der Waals surface area contributed by atoms with E-state index in [0.29, 0.717) is 0 Å². The molecule has 0 atom stereocenters. The van der Waals surface area contributed by atoms with Gasteiger partial charge in [-0.05, 0) is 0 Å². The first kappa shape index (κ1) is 9.65. The topological polar surface area (TPSA) is 0 Å². The molecule has 1 heteroatoms. The van der Waals surface area contributed by atoms with Crippen LogP contribution in [0.5, 0.6) is 0 Å². The van der Waals surface area contributed by atoms with Crippen LogP contribution in [0.3, 0.4) is 0 Å². The van der Waals surface area contributed by atoms with Crippen LogP contribution < -0.4 is 0 Å². The second kappa shape index (κ2) is 4.46. The fraction of sp³-hybridized carbons (Fsp3) is 0.111. The smallest absolute Gasteiger partial charge is 0 e. The Kier molecular flexibility index (Phi) is 4.30. The van der Waals surface area contributed by atoms with Gasteiger partial charge in [0.2, 0.25) is 0 Å². The summed E-state index contributed by atoms with van der Waals surface area (Å²) < 4.78 is 0. The largest absolute Gasteiger partial charge is 0.292 e. The van der Waals surface area contributed by atoms with E-state index < -0.39 is 0 Å². The molecule has 0 heterocycles. The van der Waals surface area contributed by atoms with E-state index in [4.69, 9.17) is 6.58 Å². The summed E-state index contributed by atoms with van der Waals surface area (Å²) in [6.07, 6.45) is 1.62. The molecule has 0 saturated carbocycles. The van der Waals surface area contributed by atoms with Gasteiger partial charge in [0, 0.05) is 21.1 Å². The molecule has 0 bridgehead atoms. The maximum absolute atomic E-state index is 5.33. The van der Waals surface area contributed by atoms with Crippen LogP contribution in [0.2, 0.25) is 0 Å². The van der Waals surface area contributed by atoms with Crippen LogP contribution >= 0.6 is 0 Å². The van der Waals surface area contributed by atoms with Gasteiger partial charge in [-0.15, -0.1) is 11.6 Å². The second-order valence-corrected chi connectivity index (χ2v) is 2.02. The molecule has 0 spiro atoms. The first-order valence-corrected chi connectivity index (χ1v) is 2.95. The number of benzene rings is 1.